The molecule has 0 unspecified atom stereocenters. The van der Waals surface area contributed by atoms with Gasteiger partial charge in [-0.05, 0) is 29.8 Å². The number of aromatic carboxylic acids is 1. The number of benzene rings is 2. The lowest BCUT2D eigenvalue weighted by atomic mass is 10.2. The van der Waals surface area contributed by atoms with Gasteiger partial charge in [0.2, 0.25) is 5.95 Å². The summed E-state index contributed by atoms with van der Waals surface area (Å²) < 4.78 is 1.37. The fraction of sp³-hybridized carbons (Fsp3) is 0.0556. The Hall–Kier alpha value is -2.19. The van der Waals surface area contributed by atoms with Gasteiger partial charge >= 0.3 is 5.97 Å². The standard InChI is InChI=1S/C18H11Cl3N4O2S/c19-11-2-1-3-12(20)10(11)8-28-16-5-15-14(4-13(16)21)23-18(24-15)25-7-9(6-22-25)17(26)27/h1-7H,8H2,(H,23,24)(H,26,27). The Bertz CT molecular complexity index is 1180. The summed E-state index contributed by atoms with van der Waals surface area (Å²) in [4.78, 5) is 19.4. The minimum Gasteiger partial charge on any atom is -0.478 e. The number of nitrogens with zero attached hydrogens (tertiary/aromatic N) is 3. The molecular formula is C18H11Cl3N4O2S. The smallest absolute Gasteiger partial charge is 0.338 e. The van der Waals surface area contributed by atoms with Crippen LogP contribution in [-0.4, -0.2) is 30.8 Å². The van der Waals surface area contributed by atoms with Crippen molar-refractivity contribution >= 4 is 63.6 Å². The number of nitrogens with one attached hydrogen (secondary N) is 1. The lowest BCUT2D eigenvalue weighted by Gasteiger charge is -2.08. The summed E-state index contributed by atoms with van der Waals surface area (Å²) in [6.45, 7) is 0. The lowest BCUT2D eigenvalue weighted by Crippen LogP contribution is -1.97. The summed E-state index contributed by atoms with van der Waals surface area (Å²) in [5.41, 5.74) is 2.31. The number of carboxylic acids is 1. The maximum absolute atomic E-state index is 11.0. The van der Waals surface area contributed by atoms with E-state index in [1.54, 1.807) is 24.3 Å². The number of H-pyrrole nitrogens is 1. The van der Waals surface area contributed by atoms with Crippen LogP contribution in [0, 0.1) is 0 Å². The highest BCUT2D eigenvalue weighted by atomic mass is 35.5. The fourth-order valence-electron chi connectivity index (χ4n) is 2.59. The van der Waals surface area contributed by atoms with Crippen molar-refractivity contribution in [2.24, 2.45) is 0 Å². The number of fused-ring (bicyclic) bond motifs is 1. The molecule has 28 heavy (non-hydrogen) atoms. The number of carboxylic acid groups (broad SMARTS) is 1. The van der Waals surface area contributed by atoms with Crippen molar-refractivity contribution in [1.82, 2.24) is 19.7 Å². The van der Waals surface area contributed by atoms with E-state index >= 15 is 0 Å². The molecule has 0 fully saturated rings. The number of halogens is 3. The Labute approximate surface area is 178 Å². The van der Waals surface area contributed by atoms with Gasteiger partial charge < -0.3 is 10.1 Å². The molecule has 4 rings (SSSR count). The minimum atomic E-state index is -1.05. The van der Waals surface area contributed by atoms with Crippen molar-refractivity contribution in [3.8, 4) is 5.95 Å². The minimum absolute atomic E-state index is 0.0753. The van der Waals surface area contributed by atoms with Crippen LogP contribution in [0.2, 0.25) is 15.1 Å². The summed E-state index contributed by atoms with van der Waals surface area (Å²) in [5.74, 6) is -0.0977. The first-order valence-electron chi connectivity index (χ1n) is 7.95. The summed E-state index contributed by atoms with van der Waals surface area (Å²) in [6.07, 6.45) is 2.65. The van der Waals surface area contributed by atoms with Crippen LogP contribution in [0.4, 0.5) is 0 Å². The van der Waals surface area contributed by atoms with E-state index in [0.717, 1.165) is 10.5 Å². The topological polar surface area (TPSA) is 83.8 Å². The molecular weight excluding hydrogens is 443 g/mol. The van der Waals surface area contributed by atoms with Crippen molar-refractivity contribution in [2.45, 2.75) is 10.6 Å². The molecule has 4 aromatic rings. The third kappa shape index (κ3) is 3.71. The molecule has 0 amide bonds. The van der Waals surface area contributed by atoms with Gasteiger partial charge in [0.15, 0.2) is 0 Å². The number of hydrogen-bond acceptors (Lipinski definition) is 4. The SMILES string of the molecule is O=C(O)c1cnn(-c2nc3cc(SCc4c(Cl)cccc4Cl)c(Cl)cc3[nH]2)c1. The largest absolute Gasteiger partial charge is 0.478 e. The summed E-state index contributed by atoms with van der Waals surface area (Å²) >= 11 is 20.4. The summed E-state index contributed by atoms with van der Waals surface area (Å²) in [7, 11) is 0. The van der Waals surface area contributed by atoms with Gasteiger partial charge in [-0.3, -0.25) is 0 Å². The van der Waals surface area contributed by atoms with Crippen LogP contribution < -0.4 is 0 Å². The van der Waals surface area contributed by atoms with Crippen LogP contribution in [0.3, 0.4) is 0 Å². The first-order valence-corrected chi connectivity index (χ1v) is 10.1. The Morgan fingerprint density at radius 1 is 1.18 bits per heavy atom. The van der Waals surface area contributed by atoms with Crippen molar-refractivity contribution in [3.63, 3.8) is 0 Å². The molecule has 0 saturated heterocycles. The first-order chi connectivity index (χ1) is 13.4. The number of aromatic amines is 1. The van der Waals surface area contributed by atoms with E-state index < -0.39 is 5.97 Å². The second-order valence-electron chi connectivity index (χ2n) is 5.83. The normalized spacial score (nSPS) is 11.2. The van der Waals surface area contributed by atoms with Crippen LogP contribution >= 0.6 is 46.6 Å². The predicted octanol–water partition coefficient (Wildman–Crippen LogP) is 5.70. The molecule has 142 valence electrons. The zero-order chi connectivity index (χ0) is 19.8. The van der Waals surface area contributed by atoms with E-state index in [1.165, 1.54) is 28.8 Å². The Morgan fingerprint density at radius 2 is 1.93 bits per heavy atom. The number of carbonyl (C=O) groups is 1. The Balaban J connectivity index is 1.63. The zero-order valence-electron chi connectivity index (χ0n) is 14.0. The molecule has 0 atom stereocenters. The molecule has 0 spiro atoms. The molecule has 6 nitrogen and oxygen atoms in total. The number of rotatable bonds is 5. The van der Waals surface area contributed by atoms with Crippen molar-refractivity contribution < 1.29 is 9.90 Å². The highest BCUT2D eigenvalue weighted by molar-refractivity contribution is 7.98. The number of aromatic nitrogens is 4. The third-order valence-corrected chi connectivity index (χ3v) is 6.22. The maximum atomic E-state index is 11.0. The molecule has 2 heterocycles. The van der Waals surface area contributed by atoms with E-state index in [2.05, 4.69) is 15.1 Å². The van der Waals surface area contributed by atoms with Gasteiger partial charge in [0.1, 0.15) is 0 Å². The summed E-state index contributed by atoms with van der Waals surface area (Å²) in [5, 5.41) is 14.8. The van der Waals surface area contributed by atoms with Gasteiger partial charge in [-0.1, -0.05) is 40.9 Å². The van der Waals surface area contributed by atoms with Crippen LogP contribution in [0.25, 0.3) is 17.0 Å². The first kappa shape index (κ1) is 19.1. The molecule has 2 aromatic heterocycles. The second kappa shape index (κ2) is 7.67. The predicted molar refractivity (Wildman–Crippen MR) is 111 cm³/mol. The maximum Gasteiger partial charge on any atom is 0.338 e. The van der Waals surface area contributed by atoms with Gasteiger partial charge in [-0.2, -0.15) is 5.10 Å². The molecule has 10 heteroatoms. The van der Waals surface area contributed by atoms with Crippen LogP contribution in [-0.2, 0) is 5.75 Å². The van der Waals surface area contributed by atoms with Crippen molar-refractivity contribution in [1.29, 1.82) is 0 Å². The van der Waals surface area contributed by atoms with E-state index in [4.69, 9.17) is 39.9 Å². The van der Waals surface area contributed by atoms with Crippen LogP contribution in [0.15, 0.2) is 47.6 Å². The molecule has 0 aliphatic rings. The number of hydrogen-bond donors (Lipinski definition) is 2. The van der Waals surface area contributed by atoms with Gasteiger partial charge in [-0.15, -0.1) is 11.8 Å². The summed E-state index contributed by atoms with van der Waals surface area (Å²) in [6, 6.07) is 9.02. The van der Waals surface area contributed by atoms with E-state index in [-0.39, 0.29) is 5.56 Å². The van der Waals surface area contributed by atoms with Gasteiger partial charge in [0.05, 0.1) is 27.8 Å². The Kier molecular flexibility index (Phi) is 5.25. The van der Waals surface area contributed by atoms with Crippen LogP contribution in [0.5, 0.6) is 0 Å². The zero-order valence-corrected chi connectivity index (χ0v) is 17.1. The molecule has 0 saturated carbocycles. The second-order valence-corrected chi connectivity index (χ2v) is 8.07. The van der Waals surface area contributed by atoms with E-state index in [1.807, 2.05) is 6.07 Å². The lowest BCUT2D eigenvalue weighted by molar-refractivity contribution is 0.0697. The fourth-order valence-corrected chi connectivity index (χ4v) is 4.61. The van der Waals surface area contributed by atoms with Crippen molar-refractivity contribution in [2.75, 3.05) is 0 Å². The molecule has 0 aliphatic heterocycles. The van der Waals surface area contributed by atoms with E-state index in [0.29, 0.717) is 37.8 Å². The van der Waals surface area contributed by atoms with Gasteiger partial charge in [0.25, 0.3) is 0 Å². The molecule has 2 N–H and O–H groups in total. The van der Waals surface area contributed by atoms with E-state index in [9.17, 15) is 4.79 Å². The highest BCUT2D eigenvalue weighted by Crippen LogP contribution is 2.36. The monoisotopic (exact) mass is 452 g/mol. The van der Waals surface area contributed by atoms with Gasteiger partial charge in [-0.25, -0.2) is 14.5 Å². The Morgan fingerprint density at radius 3 is 2.61 bits per heavy atom. The molecule has 0 radical (unpaired) electrons. The molecule has 0 bridgehead atoms. The molecule has 0 aliphatic carbocycles. The van der Waals surface area contributed by atoms with Crippen LogP contribution in [0.1, 0.15) is 15.9 Å². The number of imidazole rings is 1. The van der Waals surface area contributed by atoms with Gasteiger partial charge in [0, 0.05) is 26.9 Å². The molecule has 2 aromatic carbocycles. The average Bonchev–Trinajstić information content (AvgIpc) is 3.28. The highest BCUT2D eigenvalue weighted by Gasteiger charge is 2.13. The average molecular weight is 454 g/mol. The van der Waals surface area contributed by atoms with Crippen molar-refractivity contribution in [3.05, 3.63) is 68.9 Å². The quantitative estimate of drug-likeness (QED) is 0.379. The third-order valence-electron chi connectivity index (χ3n) is 4.00. The number of thioether (sulfide) groups is 1.